The van der Waals surface area contributed by atoms with E-state index in [0.29, 0.717) is 0 Å². The Morgan fingerprint density at radius 1 is 1.19 bits per heavy atom. The molecule has 0 spiro atoms. The van der Waals surface area contributed by atoms with Gasteiger partial charge in [0.05, 0.1) is 0 Å². The van der Waals surface area contributed by atoms with Gasteiger partial charge in [-0.05, 0) is 0 Å². The molecule has 0 saturated heterocycles. The molecule has 0 radical (unpaired) electrons. The molecule has 0 aromatic heterocycles. The maximum absolute atomic E-state index is 6.06. The number of ether oxygens (including phenoxy) is 1. The normalized spacial score (nSPS) is 14.6. The summed E-state index contributed by atoms with van der Waals surface area (Å²) in [7, 11) is 0. The first-order valence-electron chi connectivity index (χ1n) is 7.08. The fourth-order valence-electron chi connectivity index (χ4n) is 2.36. The van der Waals surface area contributed by atoms with Crippen molar-refractivity contribution in [1.29, 1.82) is 0 Å². The van der Waals surface area contributed by atoms with Gasteiger partial charge in [0.15, 0.2) is 0 Å². The van der Waals surface area contributed by atoms with Gasteiger partial charge in [0.2, 0.25) is 0 Å². The molecule has 1 nitrogen and oxygen atoms in total. The van der Waals surface area contributed by atoms with Crippen molar-refractivity contribution in [3.8, 4) is 0 Å². The second kappa shape index (κ2) is 11.5. The van der Waals surface area contributed by atoms with Gasteiger partial charge in [-0.15, -0.1) is 0 Å². The molecule has 1 atom stereocenters. The van der Waals surface area contributed by atoms with E-state index in [1.54, 1.807) is 0 Å². The molecule has 21 heavy (non-hydrogen) atoms. The average Bonchev–Trinajstić information content (AvgIpc) is 2.86. The first kappa shape index (κ1) is 21.0. The van der Waals surface area contributed by atoms with E-state index in [2.05, 4.69) is 69.8 Å². The Hall–Kier alpha value is -0.0457. The van der Waals surface area contributed by atoms with Crippen LogP contribution in [-0.2, 0) is 31.6 Å². The van der Waals surface area contributed by atoms with Crippen LogP contribution in [0.1, 0.15) is 31.7 Å². The van der Waals surface area contributed by atoms with Gasteiger partial charge >= 0.3 is 128 Å². The predicted molar refractivity (Wildman–Crippen MR) is 75.6 cm³/mol. The topological polar surface area (TPSA) is 9.23 Å². The predicted octanol–water partition coefficient (Wildman–Crippen LogP) is -1.82. The van der Waals surface area contributed by atoms with Gasteiger partial charge in [-0.25, -0.2) is 0 Å². The van der Waals surface area contributed by atoms with Crippen LogP contribution in [0.3, 0.4) is 0 Å². The SMILES string of the molecule is CCCOC(CCc1ccccc1)C1=[C]([Ti+2])CC=C1.[Cl-].[Cl-]. The van der Waals surface area contributed by atoms with Crippen molar-refractivity contribution in [3.63, 3.8) is 0 Å². The minimum absolute atomic E-state index is 0. The Bertz CT molecular complexity index is 457. The number of hydrogen-bond donors (Lipinski definition) is 0. The van der Waals surface area contributed by atoms with Crippen LogP contribution in [0.4, 0.5) is 0 Å². The Morgan fingerprint density at radius 3 is 2.48 bits per heavy atom. The Balaban J connectivity index is 0.00000200. The molecule has 4 heteroatoms. The first-order chi connectivity index (χ1) is 9.31. The minimum atomic E-state index is 0. The van der Waals surface area contributed by atoms with E-state index in [4.69, 9.17) is 4.74 Å². The standard InChI is InChI=1S/C17H21O.2ClH.Ti/c1-2-14-18-17(16-10-6-7-11-16)13-12-15-8-4-3-5-9-15;;;/h3-6,8-10,17H,2,7,12-14H2,1H3;2*1H;/q;;;+2/p-2. The zero-order chi connectivity index (χ0) is 13.5. The zero-order valence-electron chi connectivity index (χ0n) is 12.3. The third-order valence-electron chi connectivity index (χ3n) is 3.38. The van der Waals surface area contributed by atoms with Crippen molar-refractivity contribution in [3.05, 3.63) is 57.5 Å². The van der Waals surface area contributed by atoms with Crippen molar-refractivity contribution in [2.45, 2.75) is 38.7 Å². The summed E-state index contributed by atoms with van der Waals surface area (Å²) in [5, 5.41) is 0. The first-order valence-corrected chi connectivity index (χ1v) is 7.86. The Morgan fingerprint density at radius 2 is 1.90 bits per heavy atom. The third kappa shape index (κ3) is 6.71. The number of halogens is 2. The summed E-state index contributed by atoms with van der Waals surface area (Å²) in [6, 6.07) is 10.7. The van der Waals surface area contributed by atoms with Crippen LogP contribution >= 0.6 is 0 Å². The maximum atomic E-state index is 6.06. The molecule has 2 rings (SSSR count). The van der Waals surface area contributed by atoms with Gasteiger partial charge in [-0.1, -0.05) is 0 Å². The van der Waals surface area contributed by atoms with Crippen LogP contribution in [0.5, 0.6) is 0 Å². The molecule has 113 valence electrons. The molecule has 0 N–H and O–H groups in total. The number of benzene rings is 1. The molecule has 0 bridgehead atoms. The number of aryl methyl sites for hydroxylation is 1. The zero-order valence-corrected chi connectivity index (χ0v) is 15.4. The van der Waals surface area contributed by atoms with E-state index >= 15 is 0 Å². The monoisotopic (exact) mass is 359 g/mol. The maximum Gasteiger partial charge on any atom is -1.00 e. The summed E-state index contributed by atoms with van der Waals surface area (Å²) in [4.78, 5) is 0. The van der Waals surface area contributed by atoms with Crippen LogP contribution in [0.25, 0.3) is 0 Å². The summed E-state index contributed by atoms with van der Waals surface area (Å²) in [6.07, 6.45) is 9.08. The Labute approximate surface area is 152 Å². The van der Waals surface area contributed by atoms with Crippen molar-refractivity contribution in [2.75, 3.05) is 6.61 Å². The molecule has 0 fully saturated rings. The largest absolute Gasteiger partial charge is 1.00 e. The number of allylic oxidation sites excluding steroid dienone is 2. The summed E-state index contributed by atoms with van der Waals surface area (Å²) < 4.78 is 7.53. The average molecular weight is 360 g/mol. The minimum Gasteiger partial charge on any atom is -1.00 e. The van der Waals surface area contributed by atoms with E-state index in [0.717, 1.165) is 32.3 Å². The molecule has 1 unspecified atom stereocenters. The van der Waals surface area contributed by atoms with E-state index in [-0.39, 0.29) is 30.9 Å². The molecule has 0 heterocycles. The van der Waals surface area contributed by atoms with Crippen LogP contribution in [-0.4, -0.2) is 12.7 Å². The van der Waals surface area contributed by atoms with E-state index in [1.165, 1.54) is 15.0 Å². The van der Waals surface area contributed by atoms with Gasteiger partial charge in [-0.3, -0.25) is 0 Å². The molecule has 0 amide bonds. The molecule has 1 aliphatic rings. The van der Waals surface area contributed by atoms with E-state index in [1.807, 2.05) is 0 Å². The van der Waals surface area contributed by atoms with Crippen LogP contribution in [0.15, 0.2) is 51.9 Å². The second-order valence-electron chi connectivity index (χ2n) is 4.92. The van der Waals surface area contributed by atoms with Gasteiger partial charge in [0.1, 0.15) is 0 Å². The van der Waals surface area contributed by atoms with Crippen LogP contribution in [0.2, 0.25) is 0 Å². The molecular formula is C17H21Cl2OTi. The molecule has 1 aliphatic carbocycles. The summed E-state index contributed by atoms with van der Waals surface area (Å²) in [5.41, 5.74) is 2.80. The molecule has 0 aliphatic heterocycles. The molecule has 1 aromatic rings. The van der Waals surface area contributed by atoms with Crippen molar-refractivity contribution in [2.24, 2.45) is 0 Å². The summed E-state index contributed by atoms with van der Waals surface area (Å²) >= 11 is 2.22. The van der Waals surface area contributed by atoms with Gasteiger partial charge < -0.3 is 24.8 Å². The smallest absolute Gasteiger partial charge is 1.00 e. The molecule has 0 saturated carbocycles. The summed E-state index contributed by atoms with van der Waals surface area (Å²) in [6.45, 7) is 3.02. The van der Waals surface area contributed by atoms with E-state index in [9.17, 15) is 0 Å². The van der Waals surface area contributed by atoms with Gasteiger partial charge in [0.25, 0.3) is 0 Å². The third-order valence-corrected chi connectivity index (χ3v) is 4.15. The van der Waals surface area contributed by atoms with Crippen molar-refractivity contribution in [1.82, 2.24) is 0 Å². The Kier molecular flexibility index (Phi) is 11.5. The molecule has 1 aromatic carbocycles. The van der Waals surface area contributed by atoms with Crippen molar-refractivity contribution < 1.29 is 50.0 Å². The van der Waals surface area contributed by atoms with E-state index < -0.39 is 0 Å². The molecular weight excluding hydrogens is 339 g/mol. The fraction of sp³-hybridized carbons (Fsp3) is 0.412. The van der Waals surface area contributed by atoms with Crippen molar-refractivity contribution >= 4 is 0 Å². The van der Waals surface area contributed by atoms with Crippen LogP contribution in [0, 0.1) is 0 Å². The second-order valence-corrected chi connectivity index (χ2v) is 5.87. The fourth-order valence-corrected chi connectivity index (χ4v) is 2.92. The number of rotatable bonds is 7. The summed E-state index contributed by atoms with van der Waals surface area (Å²) in [5.74, 6) is 0. The van der Waals surface area contributed by atoms with Crippen LogP contribution < -0.4 is 24.8 Å². The van der Waals surface area contributed by atoms with Gasteiger partial charge in [-0.2, -0.15) is 0 Å². The quantitative estimate of drug-likeness (QED) is 0.521. The van der Waals surface area contributed by atoms with Gasteiger partial charge in [0, 0.05) is 0 Å². The number of hydrogen-bond acceptors (Lipinski definition) is 1.